The van der Waals surface area contributed by atoms with E-state index in [4.69, 9.17) is 4.74 Å². The quantitative estimate of drug-likeness (QED) is 0.481. The summed E-state index contributed by atoms with van der Waals surface area (Å²) in [4.78, 5) is 40.8. The van der Waals surface area contributed by atoms with Crippen LogP contribution in [0.25, 0.3) is 0 Å². The van der Waals surface area contributed by atoms with E-state index < -0.39 is 12.0 Å². The van der Waals surface area contributed by atoms with Crippen molar-refractivity contribution >= 4 is 17.8 Å². The number of cyclic esters (lactones) is 1. The van der Waals surface area contributed by atoms with Gasteiger partial charge in [0.2, 0.25) is 11.8 Å². The Morgan fingerprint density at radius 1 is 1.03 bits per heavy atom. The largest absolute Gasteiger partial charge is 0.463 e. The molecule has 0 saturated carbocycles. The third-order valence-electron chi connectivity index (χ3n) is 7.13. The maximum Gasteiger partial charge on any atom is 0.305 e. The number of ether oxygens (including phenoxy) is 1. The average Bonchev–Trinajstić information content (AvgIpc) is 2.93. The Morgan fingerprint density at radius 3 is 2.57 bits per heavy atom. The molecule has 2 aliphatic rings. The van der Waals surface area contributed by atoms with E-state index in [1.165, 1.54) is 0 Å². The molecule has 0 saturated heterocycles. The Balaban J connectivity index is 1.49. The number of aliphatic hydroxyl groups is 1. The van der Waals surface area contributed by atoms with Crippen LogP contribution < -0.4 is 5.32 Å². The molecule has 37 heavy (non-hydrogen) atoms. The Labute approximate surface area is 218 Å². The zero-order valence-electron chi connectivity index (χ0n) is 21.2. The highest BCUT2D eigenvalue weighted by atomic mass is 16.5. The van der Waals surface area contributed by atoms with E-state index in [-0.39, 0.29) is 43.5 Å². The minimum absolute atomic E-state index is 0.0483. The number of nitrogens with zero attached hydrogens (tertiary/aromatic N) is 1. The summed E-state index contributed by atoms with van der Waals surface area (Å²) in [6.45, 7) is 0.390. The summed E-state index contributed by atoms with van der Waals surface area (Å²) in [6, 6.07) is 17.0. The fourth-order valence-electron chi connectivity index (χ4n) is 5.03. The van der Waals surface area contributed by atoms with Crippen LogP contribution in [-0.2, 0) is 38.5 Å². The fraction of sp³-hybridized carbons (Fsp3) is 0.433. The monoisotopic (exact) mass is 504 g/mol. The first-order valence-corrected chi connectivity index (χ1v) is 13.2. The highest BCUT2D eigenvalue weighted by molar-refractivity contribution is 5.86. The van der Waals surface area contributed by atoms with Crippen LogP contribution in [0, 0.1) is 5.92 Å². The van der Waals surface area contributed by atoms with E-state index in [0.717, 1.165) is 16.7 Å². The molecule has 196 valence electrons. The van der Waals surface area contributed by atoms with Crippen molar-refractivity contribution in [1.82, 2.24) is 10.2 Å². The number of allylic oxidation sites excluding steroid dienone is 2. The van der Waals surface area contributed by atoms with Crippen LogP contribution in [0.4, 0.5) is 0 Å². The van der Waals surface area contributed by atoms with Crippen LogP contribution in [0.5, 0.6) is 0 Å². The van der Waals surface area contributed by atoms with Crippen LogP contribution in [0.15, 0.2) is 66.7 Å². The third kappa shape index (κ3) is 7.52. The lowest BCUT2D eigenvalue weighted by atomic mass is 9.92. The van der Waals surface area contributed by atoms with Crippen molar-refractivity contribution < 1.29 is 24.2 Å². The van der Waals surface area contributed by atoms with Gasteiger partial charge in [0, 0.05) is 19.4 Å². The summed E-state index contributed by atoms with van der Waals surface area (Å²) in [5, 5.41) is 13.1. The van der Waals surface area contributed by atoms with Crippen LogP contribution in [0.2, 0.25) is 0 Å². The van der Waals surface area contributed by atoms with Gasteiger partial charge in [-0.2, -0.15) is 0 Å². The summed E-state index contributed by atoms with van der Waals surface area (Å²) >= 11 is 0. The molecule has 7 heteroatoms. The molecule has 2 N–H and O–H groups in total. The van der Waals surface area contributed by atoms with Crippen LogP contribution >= 0.6 is 0 Å². The maximum atomic E-state index is 13.5. The number of benzene rings is 2. The van der Waals surface area contributed by atoms with Gasteiger partial charge in [0.05, 0.1) is 24.6 Å². The Kier molecular flexibility index (Phi) is 9.49. The lowest BCUT2D eigenvalue weighted by Gasteiger charge is -2.36. The second-order valence-corrected chi connectivity index (χ2v) is 9.91. The highest BCUT2D eigenvalue weighted by Gasteiger charge is 2.32. The number of aliphatic hydroxyl groups excluding tert-OH is 1. The first kappa shape index (κ1) is 26.6. The second-order valence-electron chi connectivity index (χ2n) is 9.91. The van der Waals surface area contributed by atoms with Crippen molar-refractivity contribution in [2.45, 2.75) is 63.6 Å². The zero-order chi connectivity index (χ0) is 26.0. The molecule has 2 aliphatic heterocycles. The first-order chi connectivity index (χ1) is 18.0. The number of hydrogen-bond donors (Lipinski definition) is 2. The van der Waals surface area contributed by atoms with Gasteiger partial charge in [0.25, 0.3) is 0 Å². The molecule has 0 spiro atoms. The van der Waals surface area contributed by atoms with E-state index in [1.807, 2.05) is 66.7 Å². The van der Waals surface area contributed by atoms with Crippen molar-refractivity contribution in [3.63, 3.8) is 0 Å². The zero-order valence-corrected chi connectivity index (χ0v) is 21.2. The molecule has 3 unspecified atom stereocenters. The minimum Gasteiger partial charge on any atom is -0.463 e. The number of hydrogen-bond acceptors (Lipinski definition) is 5. The Hall–Kier alpha value is -3.45. The maximum absolute atomic E-state index is 13.5. The fourth-order valence-corrected chi connectivity index (χ4v) is 5.03. The summed E-state index contributed by atoms with van der Waals surface area (Å²) in [5.74, 6) is -1.20. The predicted octanol–water partition coefficient (Wildman–Crippen LogP) is 3.34. The molecule has 2 aromatic carbocycles. The average molecular weight is 505 g/mol. The number of esters is 1. The predicted molar refractivity (Wildman–Crippen MR) is 140 cm³/mol. The third-order valence-corrected chi connectivity index (χ3v) is 7.13. The lowest BCUT2D eigenvalue weighted by molar-refractivity contribution is -0.145. The molecule has 2 aromatic rings. The van der Waals surface area contributed by atoms with Gasteiger partial charge in [0.15, 0.2) is 0 Å². The van der Waals surface area contributed by atoms with E-state index >= 15 is 0 Å². The normalized spacial score (nSPS) is 23.1. The standard InChI is InChI=1S/C30H36N2O5/c33-20-27-17-23-12-8-9-14-25(23)19-32(27)28(34)18-24-13-6-1-2-7-15-29(35)37-21-26(31-30(24)36)16-22-10-4-3-5-11-22/h1,3-6,8-12,14,24,26-27,33H,2,7,13,15-21H2,(H,31,36). The molecule has 2 amide bonds. The van der Waals surface area contributed by atoms with Crippen molar-refractivity contribution in [2.24, 2.45) is 5.92 Å². The van der Waals surface area contributed by atoms with Gasteiger partial charge in [-0.3, -0.25) is 14.4 Å². The number of amides is 2. The highest BCUT2D eigenvalue weighted by Crippen LogP contribution is 2.25. The molecule has 3 atom stereocenters. The molecule has 0 aromatic heterocycles. The van der Waals surface area contributed by atoms with Gasteiger partial charge in [-0.15, -0.1) is 0 Å². The number of carbonyl (C=O) groups is 3. The van der Waals surface area contributed by atoms with Gasteiger partial charge in [-0.05, 0) is 48.8 Å². The van der Waals surface area contributed by atoms with Crippen LogP contribution in [0.3, 0.4) is 0 Å². The minimum atomic E-state index is -0.560. The lowest BCUT2D eigenvalue weighted by Crippen LogP contribution is -2.48. The molecule has 2 heterocycles. The van der Waals surface area contributed by atoms with E-state index in [0.29, 0.717) is 45.1 Å². The number of carbonyl (C=O) groups excluding carboxylic acids is 3. The van der Waals surface area contributed by atoms with Gasteiger partial charge >= 0.3 is 5.97 Å². The molecule has 7 nitrogen and oxygen atoms in total. The van der Waals surface area contributed by atoms with E-state index in [9.17, 15) is 19.5 Å². The SMILES string of the molecule is O=C1CCCC=CCC(CC(=O)N2Cc3ccccc3CC2CO)C(=O)NC(Cc2ccccc2)CO1. The molecule has 0 radical (unpaired) electrons. The van der Waals surface area contributed by atoms with Gasteiger partial charge in [-0.25, -0.2) is 0 Å². The van der Waals surface area contributed by atoms with Crippen molar-refractivity contribution in [3.8, 4) is 0 Å². The van der Waals surface area contributed by atoms with Crippen molar-refractivity contribution in [2.75, 3.05) is 13.2 Å². The molecular weight excluding hydrogens is 468 g/mol. The summed E-state index contributed by atoms with van der Waals surface area (Å²) < 4.78 is 5.48. The smallest absolute Gasteiger partial charge is 0.305 e. The first-order valence-electron chi connectivity index (χ1n) is 13.2. The Morgan fingerprint density at radius 2 is 1.78 bits per heavy atom. The van der Waals surface area contributed by atoms with E-state index in [2.05, 4.69) is 5.32 Å². The van der Waals surface area contributed by atoms with E-state index in [1.54, 1.807) is 4.90 Å². The molecule has 4 rings (SSSR count). The number of nitrogens with one attached hydrogen (secondary N) is 1. The van der Waals surface area contributed by atoms with Crippen molar-refractivity contribution in [3.05, 3.63) is 83.4 Å². The molecule has 0 bridgehead atoms. The van der Waals surface area contributed by atoms with Gasteiger partial charge in [0.1, 0.15) is 6.61 Å². The van der Waals surface area contributed by atoms with Crippen molar-refractivity contribution in [1.29, 1.82) is 0 Å². The molecular formula is C30H36N2O5. The molecule has 0 fully saturated rings. The topological polar surface area (TPSA) is 95.9 Å². The summed E-state index contributed by atoms with van der Waals surface area (Å²) in [6.07, 6.45) is 7.20. The molecule has 0 aliphatic carbocycles. The second kappa shape index (κ2) is 13.2. The summed E-state index contributed by atoms with van der Waals surface area (Å²) in [7, 11) is 0. The van der Waals surface area contributed by atoms with Crippen LogP contribution in [-0.4, -0.2) is 53.1 Å². The Bertz CT molecular complexity index is 1100. The number of rotatable bonds is 5. The number of fused-ring (bicyclic) bond motifs is 1. The summed E-state index contributed by atoms with van der Waals surface area (Å²) in [5.41, 5.74) is 3.25. The van der Waals surface area contributed by atoms with Crippen LogP contribution in [0.1, 0.15) is 48.8 Å². The van der Waals surface area contributed by atoms with Gasteiger partial charge < -0.3 is 20.1 Å². The van der Waals surface area contributed by atoms with Gasteiger partial charge in [-0.1, -0.05) is 66.7 Å².